The van der Waals surface area contributed by atoms with E-state index in [4.69, 9.17) is 0 Å². The monoisotopic (exact) mass is 260 g/mol. The highest BCUT2D eigenvalue weighted by Gasteiger charge is 2.39. The van der Waals surface area contributed by atoms with Crippen molar-refractivity contribution in [3.8, 4) is 0 Å². The molecule has 0 aliphatic heterocycles. The third kappa shape index (κ3) is 2.08. The third-order valence-corrected chi connectivity index (χ3v) is 3.56. The predicted molar refractivity (Wildman–Crippen MR) is 54.9 cm³/mol. The van der Waals surface area contributed by atoms with Crippen LogP contribution in [0.3, 0.4) is 0 Å². The van der Waals surface area contributed by atoms with Crippen LogP contribution in [0.2, 0.25) is 0 Å². The van der Waals surface area contributed by atoms with Gasteiger partial charge in [-0.15, -0.1) is 11.3 Å². The van der Waals surface area contributed by atoms with Crippen LogP contribution in [-0.2, 0) is 0 Å². The van der Waals surface area contributed by atoms with Crippen LogP contribution in [0.5, 0.6) is 0 Å². The van der Waals surface area contributed by atoms with Crippen LogP contribution >= 0.6 is 27.3 Å². The van der Waals surface area contributed by atoms with Crippen molar-refractivity contribution < 1.29 is 4.79 Å². The van der Waals surface area contributed by atoms with Crippen molar-refractivity contribution in [2.24, 2.45) is 0 Å². The lowest BCUT2D eigenvalue weighted by atomic mass is 10.3. The Morgan fingerprint density at radius 2 is 2.46 bits per heavy atom. The minimum Gasteiger partial charge on any atom is -0.345 e. The first-order valence-electron chi connectivity index (χ1n) is 4.03. The number of carbonyl (C=O) groups excluding carboxylic acids is 1. The van der Waals surface area contributed by atoms with E-state index in [0.717, 1.165) is 16.6 Å². The normalized spacial score (nSPS) is 18.3. The first-order valence-corrected chi connectivity index (χ1v) is 5.64. The van der Waals surface area contributed by atoms with Gasteiger partial charge >= 0.3 is 0 Å². The number of hydrogen-bond donors (Lipinski definition) is 1. The van der Waals surface area contributed by atoms with E-state index in [1.54, 1.807) is 6.20 Å². The Morgan fingerprint density at radius 1 is 1.77 bits per heavy atom. The molecule has 1 fully saturated rings. The maximum atomic E-state index is 11.5. The average molecular weight is 261 g/mol. The molecule has 1 aromatic heterocycles. The summed E-state index contributed by atoms with van der Waals surface area (Å²) < 4.78 is 0.888. The Morgan fingerprint density at radius 3 is 2.92 bits per heavy atom. The van der Waals surface area contributed by atoms with E-state index in [1.165, 1.54) is 11.3 Å². The van der Waals surface area contributed by atoms with Gasteiger partial charge in [0.1, 0.15) is 0 Å². The first kappa shape index (κ1) is 9.15. The van der Waals surface area contributed by atoms with Crippen LogP contribution in [-0.4, -0.2) is 16.4 Å². The second-order valence-corrected chi connectivity index (χ2v) is 5.89. The molecule has 0 spiro atoms. The summed E-state index contributed by atoms with van der Waals surface area (Å²) in [6, 6.07) is 0. The fourth-order valence-electron chi connectivity index (χ4n) is 0.999. The number of rotatable bonds is 2. The molecule has 1 aliphatic rings. The molecule has 0 bridgehead atoms. The molecule has 0 aromatic carbocycles. The molecular weight excluding hydrogens is 252 g/mol. The molecular formula is C8H9BrN2OS. The molecule has 3 nitrogen and oxygen atoms in total. The summed E-state index contributed by atoms with van der Waals surface area (Å²) in [6.07, 6.45) is 3.80. The van der Waals surface area contributed by atoms with Gasteiger partial charge in [-0.1, -0.05) is 0 Å². The van der Waals surface area contributed by atoms with Gasteiger partial charge in [-0.25, -0.2) is 4.98 Å². The molecule has 1 aliphatic carbocycles. The minimum atomic E-state index is -0.0595. The number of aromatic nitrogens is 1. The maximum absolute atomic E-state index is 11.5. The highest BCUT2D eigenvalue weighted by molar-refractivity contribution is 9.11. The fraction of sp³-hybridized carbons (Fsp3) is 0.500. The molecule has 1 saturated carbocycles. The summed E-state index contributed by atoms with van der Waals surface area (Å²) in [7, 11) is 0. The van der Waals surface area contributed by atoms with Crippen LogP contribution in [0.25, 0.3) is 0 Å². The number of hydrogen-bond acceptors (Lipinski definition) is 3. The molecule has 0 radical (unpaired) electrons. The SMILES string of the molecule is CC1(NC(=O)c2ncc(Br)s2)CC1. The summed E-state index contributed by atoms with van der Waals surface area (Å²) in [5.74, 6) is -0.0595. The number of nitrogens with zero attached hydrogens (tertiary/aromatic N) is 1. The quantitative estimate of drug-likeness (QED) is 0.886. The molecule has 13 heavy (non-hydrogen) atoms. The zero-order chi connectivity index (χ0) is 9.47. The second-order valence-electron chi connectivity index (χ2n) is 3.48. The predicted octanol–water partition coefficient (Wildman–Crippen LogP) is 2.19. The number of nitrogens with one attached hydrogen (secondary N) is 1. The second kappa shape index (κ2) is 3.06. The van der Waals surface area contributed by atoms with Crippen LogP contribution in [0, 0.1) is 0 Å². The molecule has 0 unspecified atom stereocenters. The topological polar surface area (TPSA) is 42.0 Å². The largest absolute Gasteiger partial charge is 0.345 e. The summed E-state index contributed by atoms with van der Waals surface area (Å²) >= 11 is 4.63. The average Bonchev–Trinajstić information content (AvgIpc) is 2.62. The number of amides is 1. The van der Waals surface area contributed by atoms with Gasteiger partial charge < -0.3 is 5.32 Å². The Bertz CT molecular complexity index is 346. The van der Waals surface area contributed by atoms with Gasteiger partial charge in [-0.05, 0) is 35.7 Å². The van der Waals surface area contributed by atoms with Crippen LogP contribution in [0.15, 0.2) is 9.98 Å². The van der Waals surface area contributed by atoms with Gasteiger partial charge in [0.25, 0.3) is 5.91 Å². The van der Waals surface area contributed by atoms with Gasteiger partial charge in [0.15, 0.2) is 5.01 Å². The van der Waals surface area contributed by atoms with Crippen LogP contribution in [0.4, 0.5) is 0 Å². The lowest BCUT2D eigenvalue weighted by Gasteiger charge is -2.08. The molecule has 0 atom stereocenters. The zero-order valence-corrected chi connectivity index (χ0v) is 9.54. The van der Waals surface area contributed by atoms with E-state index in [1.807, 2.05) is 6.92 Å². The highest BCUT2D eigenvalue weighted by Crippen LogP contribution is 2.34. The Balaban J connectivity index is 2.05. The van der Waals surface area contributed by atoms with E-state index in [9.17, 15) is 4.79 Å². The van der Waals surface area contributed by atoms with E-state index in [2.05, 4.69) is 26.2 Å². The summed E-state index contributed by atoms with van der Waals surface area (Å²) in [5, 5.41) is 3.48. The molecule has 0 saturated heterocycles. The lowest BCUT2D eigenvalue weighted by Crippen LogP contribution is -2.34. The first-order chi connectivity index (χ1) is 6.09. The molecule has 2 rings (SSSR count). The Labute approximate surface area is 88.7 Å². The standard InChI is InChI=1S/C8H9BrN2OS/c1-8(2-3-8)11-6(12)7-10-4-5(9)13-7/h4H,2-3H2,1H3,(H,11,12). The third-order valence-electron chi connectivity index (χ3n) is 2.09. The van der Waals surface area contributed by atoms with E-state index in [0.29, 0.717) is 5.01 Å². The number of carbonyl (C=O) groups is 1. The van der Waals surface area contributed by atoms with Crippen molar-refractivity contribution in [2.75, 3.05) is 0 Å². The van der Waals surface area contributed by atoms with Crippen molar-refractivity contribution >= 4 is 33.2 Å². The van der Waals surface area contributed by atoms with E-state index in [-0.39, 0.29) is 11.4 Å². The Kier molecular flexibility index (Phi) is 2.15. The molecule has 5 heteroatoms. The minimum absolute atomic E-state index is 0.0369. The van der Waals surface area contributed by atoms with Gasteiger partial charge in [-0.3, -0.25) is 4.79 Å². The maximum Gasteiger partial charge on any atom is 0.280 e. The summed E-state index contributed by atoms with van der Waals surface area (Å²) in [6.45, 7) is 2.05. The van der Waals surface area contributed by atoms with Gasteiger partial charge in [-0.2, -0.15) is 0 Å². The van der Waals surface area contributed by atoms with Gasteiger partial charge in [0, 0.05) is 5.54 Å². The number of thiazole rings is 1. The van der Waals surface area contributed by atoms with Crippen molar-refractivity contribution in [1.82, 2.24) is 10.3 Å². The van der Waals surface area contributed by atoms with Crippen molar-refractivity contribution in [3.63, 3.8) is 0 Å². The molecule has 1 heterocycles. The van der Waals surface area contributed by atoms with Gasteiger partial charge in [0.2, 0.25) is 0 Å². The molecule has 1 aromatic rings. The van der Waals surface area contributed by atoms with Crippen molar-refractivity contribution in [2.45, 2.75) is 25.3 Å². The Hall–Kier alpha value is -0.420. The molecule has 70 valence electrons. The van der Waals surface area contributed by atoms with Gasteiger partial charge in [0.05, 0.1) is 9.98 Å². The summed E-state index contributed by atoms with van der Waals surface area (Å²) in [5.41, 5.74) is 0.0369. The van der Waals surface area contributed by atoms with Crippen molar-refractivity contribution in [1.29, 1.82) is 0 Å². The lowest BCUT2D eigenvalue weighted by molar-refractivity contribution is 0.0935. The fourth-order valence-corrected chi connectivity index (χ4v) is 2.10. The van der Waals surface area contributed by atoms with Crippen molar-refractivity contribution in [3.05, 3.63) is 15.0 Å². The molecule has 1 N–H and O–H groups in total. The smallest absolute Gasteiger partial charge is 0.280 e. The summed E-state index contributed by atoms with van der Waals surface area (Å²) in [4.78, 5) is 15.5. The highest BCUT2D eigenvalue weighted by atomic mass is 79.9. The van der Waals surface area contributed by atoms with Crippen LogP contribution < -0.4 is 5.32 Å². The van der Waals surface area contributed by atoms with E-state index >= 15 is 0 Å². The molecule has 1 amide bonds. The zero-order valence-electron chi connectivity index (χ0n) is 7.13. The van der Waals surface area contributed by atoms with E-state index < -0.39 is 0 Å². The van der Waals surface area contributed by atoms with Crippen LogP contribution in [0.1, 0.15) is 29.6 Å². The number of halogens is 1.